The van der Waals surface area contributed by atoms with Crippen LogP contribution in [0.5, 0.6) is 0 Å². The van der Waals surface area contributed by atoms with Crippen molar-refractivity contribution in [3.63, 3.8) is 0 Å². The number of rotatable bonds is 1. The van der Waals surface area contributed by atoms with Gasteiger partial charge in [-0.1, -0.05) is 29.3 Å². The highest BCUT2D eigenvalue weighted by atomic mass is 35.5. The molecule has 58 valence electrons. The highest BCUT2D eigenvalue weighted by Crippen LogP contribution is 2.34. The van der Waals surface area contributed by atoms with E-state index >= 15 is 0 Å². The molecule has 1 saturated heterocycles. The molecule has 2 rings (SSSR count). The first kappa shape index (κ1) is 7.26. The summed E-state index contributed by atoms with van der Waals surface area (Å²) >= 11 is 11.8. The fourth-order valence-electron chi connectivity index (χ4n) is 1.03. The van der Waals surface area contributed by atoms with Gasteiger partial charge in [-0.2, -0.15) is 0 Å². The third kappa shape index (κ3) is 1.31. The van der Waals surface area contributed by atoms with Crippen LogP contribution in [0.2, 0.25) is 10.0 Å². The highest BCUT2D eigenvalue weighted by Gasteiger charge is 2.20. The summed E-state index contributed by atoms with van der Waals surface area (Å²) in [5, 5.41) is 1.31. The van der Waals surface area contributed by atoms with Gasteiger partial charge in [0.1, 0.15) is 0 Å². The normalized spacial score (nSPS) is 15.3. The molecular weight excluding hydrogens is 181 g/mol. The second-order valence-electron chi connectivity index (χ2n) is 2.56. The molecule has 1 fully saturated rings. The Morgan fingerprint density at radius 3 is 2.55 bits per heavy atom. The quantitative estimate of drug-likeness (QED) is 0.612. The average Bonchev–Trinajstić information content (AvgIpc) is 2.77. The van der Waals surface area contributed by atoms with Gasteiger partial charge in [-0.3, -0.25) is 0 Å². The molecule has 1 aliphatic heterocycles. The fourth-order valence-corrected chi connectivity index (χ4v) is 1.44. The molecule has 1 aromatic rings. The molecule has 0 aromatic heterocycles. The van der Waals surface area contributed by atoms with E-state index in [-0.39, 0.29) is 0 Å². The van der Waals surface area contributed by atoms with Crippen molar-refractivity contribution in [1.82, 2.24) is 0 Å². The first-order chi connectivity index (χ1) is 5.29. The minimum atomic E-state index is 0.635. The third-order valence-electron chi connectivity index (χ3n) is 1.72. The summed E-state index contributed by atoms with van der Waals surface area (Å²) in [5.74, 6) is 0. The van der Waals surface area contributed by atoms with Crippen molar-refractivity contribution in [2.75, 3.05) is 18.0 Å². The molecule has 0 saturated carbocycles. The molecule has 1 heterocycles. The first-order valence-electron chi connectivity index (χ1n) is 3.48. The number of hydrogen-bond acceptors (Lipinski definition) is 1. The van der Waals surface area contributed by atoms with E-state index < -0.39 is 0 Å². The Kier molecular flexibility index (Phi) is 1.70. The maximum atomic E-state index is 5.95. The largest absolute Gasteiger partial charge is 0.367 e. The Balaban J connectivity index is 2.45. The van der Waals surface area contributed by atoms with Crippen molar-refractivity contribution in [1.29, 1.82) is 0 Å². The van der Waals surface area contributed by atoms with Crippen molar-refractivity contribution < 1.29 is 0 Å². The third-order valence-corrected chi connectivity index (χ3v) is 2.53. The maximum Gasteiger partial charge on any atom is 0.0825 e. The molecule has 0 amide bonds. The summed E-state index contributed by atoms with van der Waals surface area (Å²) in [4.78, 5) is 2.17. The molecule has 0 N–H and O–H groups in total. The van der Waals surface area contributed by atoms with E-state index in [0.29, 0.717) is 10.0 Å². The molecule has 1 nitrogen and oxygen atoms in total. The van der Waals surface area contributed by atoms with Gasteiger partial charge >= 0.3 is 0 Å². The molecule has 0 atom stereocenters. The van der Waals surface area contributed by atoms with Crippen molar-refractivity contribution in [2.45, 2.75) is 0 Å². The van der Waals surface area contributed by atoms with Crippen LogP contribution in [0.4, 0.5) is 5.69 Å². The van der Waals surface area contributed by atoms with Gasteiger partial charge < -0.3 is 4.90 Å². The van der Waals surface area contributed by atoms with E-state index in [2.05, 4.69) is 4.90 Å². The molecule has 0 bridgehead atoms. The van der Waals surface area contributed by atoms with Gasteiger partial charge in [-0.25, -0.2) is 0 Å². The topological polar surface area (TPSA) is 3.01 Å². The van der Waals surface area contributed by atoms with Gasteiger partial charge in [-0.05, 0) is 12.1 Å². The standard InChI is InChI=1S/C8H7Cl2N/c9-6-2-1-3-7(8(6)10)11-4-5-11/h1-3H,4-5H2. The lowest BCUT2D eigenvalue weighted by molar-refractivity contribution is 1.40. The van der Waals surface area contributed by atoms with E-state index in [1.807, 2.05) is 12.1 Å². The van der Waals surface area contributed by atoms with Crippen LogP contribution in [-0.4, -0.2) is 13.1 Å². The SMILES string of the molecule is Clc1cccc(N2CC2)c1Cl. The molecular formula is C8H7Cl2N. The Hall–Kier alpha value is -0.400. The number of anilines is 1. The summed E-state index contributed by atoms with van der Waals surface area (Å²) in [6, 6.07) is 5.71. The van der Waals surface area contributed by atoms with Crippen LogP contribution in [-0.2, 0) is 0 Å². The summed E-state index contributed by atoms with van der Waals surface area (Å²) in [5.41, 5.74) is 1.05. The Bertz CT molecular complexity index is 281. The lowest BCUT2D eigenvalue weighted by Crippen LogP contribution is -1.90. The van der Waals surface area contributed by atoms with E-state index in [9.17, 15) is 0 Å². The summed E-state index contributed by atoms with van der Waals surface area (Å²) in [7, 11) is 0. The van der Waals surface area contributed by atoms with Crippen molar-refractivity contribution in [2.24, 2.45) is 0 Å². The second-order valence-corrected chi connectivity index (χ2v) is 3.35. The number of benzene rings is 1. The van der Waals surface area contributed by atoms with Gasteiger partial charge in [0.2, 0.25) is 0 Å². The fraction of sp³-hybridized carbons (Fsp3) is 0.250. The Morgan fingerprint density at radius 1 is 1.18 bits per heavy atom. The molecule has 0 spiro atoms. The molecule has 0 aliphatic carbocycles. The smallest absolute Gasteiger partial charge is 0.0825 e. The first-order valence-corrected chi connectivity index (χ1v) is 4.23. The van der Waals surface area contributed by atoms with Crippen LogP contribution in [0.25, 0.3) is 0 Å². The molecule has 11 heavy (non-hydrogen) atoms. The van der Waals surface area contributed by atoms with E-state index in [1.165, 1.54) is 0 Å². The summed E-state index contributed by atoms with van der Waals surface area (Å²) in [6.07, 6.45) is 0. The van der Waals surface area contributed by atoms with E-state index in [4.69, 9.17) is 23.2 Å². The number of nitrogens with zero attached hydrogens (tertiary/aromatic N) is 1. The van der Waals surface area contributed by atoms with Crippen molar-refractivity contribution in [3.05, 3.63) is 28.2 Å². The molecule has 1 aromatic carbocycles. The van der Waals surface area contributed by atoms with Gasteiger partial charge in [0.15, 0.2) is 0 Å². The molecule has 1 aliphatic rings. The highest BCUT2D eigenvalue weighted by molar-refractivity contribution is 6.43. The molecule has 3 heteroatoms. The van der Waals surface area contributed by atoms with Crippen LogP contribution in [0.15, 0.2) is 18.2 Å². The van der Waals surface area contributed by atoms with Crippen molar-refractivity contribution >= 4 is 28.9 Å². The van der Waals surface area contributed by atoms with E-state index in [0.717, 1.165) is 18.8 Å². The maximum absolute atomic E-state index is 5.95. The van der Waals surface area contributed by atoms with Gasteiger partial charge in [0.25, 0.3) is 0 Å². The van der Waals surface area contributed by atoms with Crippen LogP contribution in [0.1, 0.15) is 0 Å². The second kappa shape index (κ2) is 2.58. The lowest BCUT2D eigenvalue weighted by Gasteiger charge is -2.05. The number of hydrogen-bond donors (Lipinski definition) is 0. The minimum absolute atomic E-state index is 0.635. The van der Waals surface area contributed by atoms with E-state index in [1.54, 1.807) is 6.07 Å². The molecule has 0 radical (unpaired) electrons. The number of halogens is 2. The van der Waals surface area contributed by atoms with Crippen LogP contribution in [0, 0.1) is 0 Å². The Labute approximate surface area is 75.5 Å². The van der Waals surface area contributed by atoms with Gasteiger partial charge in [-0.15, -0.1) is 0 Å². The predicted octanol–water partition coefficient (Wildman–Crippen LogP) is 2.81. The van der Waals surface area contributed by atoms with Crippen molar-refractivity contribution in [3.8, 4) is 0 Å². The average molecular weight is 188 g/mol. The Morgan fingerprint density at radius 2 is 1.91 bits per heavy atom. The van der Waals surface area contributed by atoms with Gasteiger partial charge in [0.05, 0.1) is 15.7 Å². The minimum Gasteiger partial charge on any atom is -0.367 e. The predicted molar refractivity (Wildman–Crippen MR) is 48.7 cm³/mol. The zero-order valence-electron chi connectivity index (χ0n) is 5.85. The van der Waals surface area contributed by atoms with Crippen LogP contribution in [0.3, 0.4) is 0 Å². The zero-order valence-corrected chi connectivity index (χ0v) is 7.36. The lowest BCUT2D eigenvalue weighted by atomic mass is 10.3. The molecule has 0 unspecified atom stereocenters. The van der Waals surface area contributed by atoms with Crippen LogP contribution >= 0.6 is 23.2 Å². The monoisotopic (exact) mass is 187 g/mol. The summed E-state index contributed by atoms with van der Waals surface area (Å²) < 4.78 is 0. The van der Waals surface area contributed by atoms with Crippen LogP contribution < -0.4 is 4.90 Å². The zero-order chi connectivity index (χ0) is 7.84. The summed E-state index contributed by atoms with van der Waals surface area (Å²) in [6.45, 7) is 2.19. The van der Waals surface area contributed by atoms with Gasteiger partial charge in [0, 0.05) is 13.1 Å².